The normalized spacial score (nSPS) is 31.6. The Morgan fingerprint density at radius 2 is 1.97 bits per heavy atom. The van der Waals surface area contributed by atoms with Gasteiger partial charge in [0.05, 0.1) is 12.0 Å². The quantitative estimate of drug-likeness (QED) is 0.616. The van der Waals surface area contributed by atoms with Crippen molar-refractivity contribution in [2.75, 3.05) is 20.3 Å². The van der Waals surface area contributed by atoms with Gasteiger partial charge in [0, 0.05) is 42.9 Å². The van der Waals surface area contributed by atoms with E-state index >= 15 is 0 Å². The number of allylic oxidation sites excluding steroid dienone is 1. The van der Waals surface area contributed by atoms with Gasteiger partial charge in [0.2, 0.25) is 5.78 Å². The van der Waals surface area contributed by atoms with Crippen LogP contribution in [0.2, 0.25) is 0 Å². The summed E-state index contributed by atoms with van der Waals surface area (Å²) in [6.45, 7) is 6.89. The van der Waals surface area contributed by atoms with Crippen molar-refractivity contribution in [2.24, 2.45) is 11.3 Å². The van der Waals surface area contributed by atoms with Crippen LogP contribution in [0.15, 0.2) is 21.8 Å². The number of carbonyl (C=O) groups excluding carboxylic acids is 4. The molecule has 172 valence electrons. The summed E-state index contributed by atoms with van der Waals surface area (Å²) in [6, 6.07) is 0. The van der Waals surface area contributed by atoms with Crippen LogP contribution >= 0.6 is 0 Å². The van der Waals surface area contributed by atoms with Gasteiger partial charge in [-0.25, -0.2) is 4.79 Å². The molecule has 2 aliphatic carbocycles. The number of Topliss-reactive ketones (excluding diaryl/α,β-unsaturated/α-hetero) is 2. The fraction of sp³-hybridized carbons (Fsp3) is 0.583. The van der Waals surface area contributed by atoms with E-state index in [0.717, 1.165) is 0 Å². The molecule has 4 atom stereocenters. The molecule has 1 aliphatic heterocycles. The lowest BCUT2D eigenvalue weighted by Gasteiger charge is -2.46. The minimum absolute atomic E-state index is 0.0754. The van der Waals surface area contributed by atoms with Crippen LogP contribution in [0.4, 0.5) is 0 Å². The third kappa shape index (κ3) is 2.92. The highest BCUT2D eigenvalue weighted by molar-refractivity contribution is 6.14. The second-order valence-corrected chi connectivity index (χ2v) is 9.19. The molecule has 8 heteroatoms. The molecule has 32 heavy (non-hydrogen) atoms. The third-order valence-electron chi connectivity index (χ3n) is 7.71. The Kier molecular flexibility index (Phi) is 5.40. The van der Waals surface area contributed by atoms with Gasteiger partial charge in [-0.1, -0.05) is 13.8 Å². The molecule has 3 aliphatic rings. The zero-order chi connectivity index (χ0) is 23.4. The summed E-state index contributed by atoms with van der Waals surface area (Å²) in [7, 11) is 1.50. The Morgan fingerprint density at radius 1 is 1.25 bits per heavy atom. The minimum atomic E-state index is -1.01. The van der Waals surface area contributed by atoms with Crippen molar-refractivity contribution in [3.63, 3.8) is 0 Å². The molecule has 0 N–H and O–H groups in total. The minimum Gasteiger partial charge on any atom is -0.461 e. The standard InChI is InChI=1S/C24H28O8/c1-6-23(3)14(7-8-16(23)26)18-15(10-30-12(2)25)24(4)17(11-29-5)32-22(28)13-9-31-21(19(13)24)20(18)27/h9,14,17H,6-8,10-11H2,1-5H3/t14?,17-,23+,24+/m1/s1. The molecule has 4 rings (SSSR count). The van der Waals surface area contributed by atoms with E-state index in [2.05, 4.69) is 0 Å². The smallest absolute Gasteiger partial charge is 0.342 e. The van der Waals surface area contributed by atoms with E-state index in [4.69, 9.17) is 18.6 Å². The first kappa shape index (κ1) is 22.5. The van der Waals surface area contributed by atoms with Crippen molar-refractivity contribution in [2.45, 2.75) is 58.5 Å². The molecule has 2 heterocycles. The zero-order valence-corrected chi connectivity index (χ0v) is 19.0. The maximum absolute atomic E-state index is 13.8. The largest absolute Gasteiger partial charge is 0.461 e. The van der Waals surface area contributed by atoms with Crippen molar-refractivity contribution < 1.29 is 37.8 Å². The molecule has 0 saturated heterocycles. The number of hydrogen-bond acceptors (Lipinski definition) is 8. The van der Waals surface area contributed by atoms with Crippen LogP contribution < -0.4 is 0 Å². The highest BCUT2D eigenvalue weighted by atomic mass is 16.6. The van der Waals surface area contributed by atoms with Crippen LogP contribution in [0.1, 0.15) is 73.4 Å². The Labute approximate surface area is 186 Å². The first-order valence-corrected chi connectivity index (χ1v) is 10.9. The van der Waals surface area contributed by atoms with Crippen LogP contribution in [0.5, 0.6) is 0 Å². The van der Waals surface area contributed by atoms with Gasteiger partial charge in [-0.2, -0.15) is 0 Å². The van der Waals surface area contributed by atoms with Crippen LogP contribution in [-0.4, -0.2) is 49.9 Å². The summed E-state index contributed by atoms with van der Waals surface area (Å²) in [5, 5.41) is 0. The lowest BCUT2D eigenvalue weighted by molar-refractivity contribution is -0.140. The number of esters is 2. The third-order valence-corrected chi connectivity index (χ3v) is 7.71. The summed E-state index contributed by atoms with van der Waals surface area (Å²) in [5.74, 6) is -1.63. The van der Waals surface area contributed by atoms with Crippen LogP contribution in [0, 0.1) is 11.3 Å². The molecular formula is C24H28O8. The molecule has 1 saturated carbocycles. The Balaban J connectivity index is 2.01. The Hall–Kier alpha value is -2.74. The van der Waals surface area contributed by atoms with Gasteiger partial charge < -0.3 is 18.6 Å². The maximum Gasteiger partial charge on any atom is 0.342 e. The molecule has 1 aromatic rings. The molecule has 0 spiro atoms. The summed E-state index contributed by atoms with van der Waals surface area (Å²) in [5.41, 5.74) is -0.144. The van der Waals surface area contributed by atoms with Crippen molar-refractivity contribution in [1.82, 2.24) is 0 Å². The summed E-state index contributed by atoms with van der Waals surface area (Å²) < 4.78 is 22.1. The van der Waals surface area contributed by atoms with Gasteiger partial charge in [0.15, 0.2) is 5.76 Å². The lowest BCUT2D eigenvalue weighted by Crippen LogP contribution is -2.53. The Morgan fingerprint density at radius 3 is 2.59 bits per heavy atom. The lowest BCUT2D eigenvalue weighted by atomic mass is 9.60. The molecule has 0 radical (unpaired) electrons. The summed E-state index contributed by atoms with van der Waals surface area (Å²) >= 11 is 0. The van der Waals surface area contributed by atoms with Gasteiger partial charge >= 0.3 is 11.9 Å². The number of methoxy groups -OCH3 is 1. The van der Waals surface area contributed by atoms with Crippen molar-refractivity contribution in [1.29, 1.82) is 0 Å². The second kappa shape index (κ2) is 7.69. The van der Waals surface area contributed by atoms with Gasteiger partial charge in [-0.15, -0.1) is 0 Å². The number of carbonyl (C=O) groups is 4. The zero-order valence-electron chi connectivity index (χ0n) is 19.0. The number of rotatable bonds is 6. The second-order valence-electron chi connectivity index (χ2n) is 9.19. The Bertz CT molecular complexity index is 1050. The fourth-order valence-corrected chi connectivity index (χ4v) is 5.65. The van der Waals surface area contributed by atoms with Crippen LogP contribution in [0.25, 0.3) is 0 Å². The number of ether oxygens (including phenoxy) is 3. The van der Waals surface area contributed by atoms with E-state index in [1.807, 2.05) is 20.8 Å². The molecule has 0 bridgehead atoms. The number of hydrogen-bond donors (Lipinski definition) is 0. The van der Waals surface area contributed by atoms with Gasteiger partial charge in [0.1, 0.15) is 30.3 Å². The van der Waals surface area contributed by atoms with Crippen molar-refractivity contribution in [3.8, 4) is 0 Å². The first-order valence-electron chi connectivity index (χ1n) is 10.9. The highest BCUT2D eigenvalue weighted by Crippen LogP contribution is 2.55. The molecule has 0 amide bonds. The van der Waals surface area contributed by atoms with E-state index in [-0.39, 0.29) is 42.0 Å². The average Bonchev–Trinajstić information content (AvgIpc) is 3.32. The first-order chi connectivity index (χ1) is 15.1. The van der Waals surface area contributed by atoms with Gasteiger partial charge in [-0.05, 0) is 25.3 Å². The van der Waals surface area contributed by atoms with E-state index in [0.29, 0.717) is 36.0 Å². The number of cyclic esters (lactones) is 1. The van der Waals surface area contributed by atoms with Crippen LogP contribution in [0.3, 0.4) is 0 Å². The number of furan rings is 1. The average molecular weight is 444 g/mol. The van der Waals surface area contributed by atoms with E-state index in [9.17, 15) is 19.2 Å². The molecule has 1 unspecified atom stereocenters. The topological polar surface area (TPSA) is 109 Å². The highest BCUT2D eigenvalue weighted by Gasteiger charge is 2.59. The van der Waals surface area contributed by atoms with Crippen molar-refractivity contribution in [3.05, 3.63) is 34.3 Å². The maximum atomic E-state index is 13.8. The predicted molar refractivity (Wildman–Crippen MR) is 111 cm³/mol. The molecule has 8 nitrogen and oxygen atoms in total. The molecule has 0 aromatic carbocycles. The van der Waals surface area contributed by atoms with E-state index < -0.39 is 28.9 Å². The van der Waals surface area contributed by atoms with Crippen molar-refractivity contribution >= 4 is 23.5 Å². The SMILES string of the molecule is CC[C@]1(C)C(=O)CCC1C1=C(COC(C)=O)[C@]2(C)c3c(coc3C1=O)C(=O)O[C@@H]2COC. The molecule has 1 aromatic heterocycles. The monoisotopic (exact) mass is 444 g/mol. The number of ketones is 2. The van der Waals surface area contributed by atoms with Gasteiger partial charge in [-0.3, -0.25) is 14.4 Å². The summed E-state index contributed by atoms with van der Waals surface area (Å²) in [4.78, 5) is 51.0. The van der Waals surface area contributed by atoms with Crippen LogP contribution in [-0.2, 0) is 29.2 Å². The molecular weight excluding hydrogens is 416 g/mol. The predicted octanol–water partition coefficient (Wildman–Crippen LogP) is 3.17. The molecule has 1 fully saturated rings. The fourth-order valence-electron chi connectivity index (χ4n) is 5.65. The van der Waals surface area contributed by atoms with E-state index in [1.54, 1.807) is 0 Å². The van der Waals surface area contributed by atoms with Gasteiger partial charge in [0.25, 0.3) is 0 Å². The van der Waals surface area contributed by atoms with E-state index in [1.165, 1.54) is 20.3 Å². The summed E-state index contributed by atoms with van der Waals surface area (Å²) in [6.07, 6.45) is 1.94.